The van der Waals surface area contributed by atoms with E-state index in [1.807, 2.05) is 43.3 Å². The van der Waals surface area contributed by atoms with Crippen LogP contribution >= 0.6 is 0 Å². The molecule has 2 aromatic rings. The fraction of sp³-hybridized carbons (Fsp3) is 0.692. The molecule has 9 nitrogen and oxygen atoms in total. The summed E-state index contributed by atoms with van der Waals surface area (Å²) in [4.78, 5) is 9.25. The van der Waals surface area contributed by atoms with Crippen LogP contribution in [0, 0.1) is 18.0 Å². The predicted molar refractivity (Wildman–Crippen MR) is 141 cm³/mol. The Bertz CT molecular complexity index is 943. The van der Waals surface area contributed by atoms with E-state index in [1.165, 1.54) is 25.7 Å². The molecule has 0 atom stereocenters. The second kappa shape index (κ2) is 17.1. The van der Waals surface area contributed by atoms with Gasteiger partial charge in [-0.15, -0.1) is 0 Å². The van der Waals surface area contributed by atoms with Crippen LogP contribution in [0.2, 0.25) is 0 Å². The van der Waals surface area contributed by atoms with Crippen molar-refractivity contribution in [2.45, 2.75) is 106 Å². The van der Waals surface area contributed by atoms with Gasteiger partial charge in [-0.2, -0.15) is 10.2 Å². The third-order valence-corrected chi connectivity index (χ3v) is 6.17. The van der Waals surface area contributed by atoms with Gasteiger partial charge in [0.1, 0.15) is 0 Å². The van der Waals surface area contributed by atoms with Gasteiger partial charge in [0.25, 0.3) is 0 Å². The number of unbranched alkanes of at least 4 members (excludes halogenated alkanes) is 6. The van der Waals surface area contributed by atoms with E-state index < -0.39 is 0 Å². The predicted octanol–water partition coefficient (Wildman–Crippen LogP) is 5.60. The molecule has 2 N–H and O–H groups in total. The standard InChI is InChI=1S/C26H44N6O2.Mn.N/c1-7-9-11-13-17-31-25(33)23(21(5)29-31)19(3)27-15-16-28-20(4)24-22(6)30-32(26(24)34)18-14-12-10-8-2;;/h33-34H,7-18H2,1-6H3;;. The zero-order chi connectivity index (χ0) is 27.1. The Labute approximate surface area is 224 Å². The summed E-state index contributed by atoms with van der Waals surface area (Å²) < 4.78 is 10.2. The number of hydrogen-bond donors (Lipinski definition) is 2. The molecule has 2 heterocycles. The molecular formula is C26H44MnN7O2. The van der Waals surface area contributed by atoms with E-state index in [1.54, 1.807) is 9.36 Å². The van der Waals surface area contributed by atoms with Gasteiger partial charge in [-0.25, -0.2) is 9.36 Å². The minimum absolute atomic E-state index is 0.196. The molecule has 0 amide bonds. The normalized spacial score (nSPS) is 12.0. The van der Waals surface area contributed by atoms with Crippen LogP contribution in [-0.4, -0.2) is 54.3 Å². The average molecular weight is 542 g/mol. The van der Waals surface area contributed by atoms with Crippen molar-refractivity contribution in [2.24, 2.45) is 9.98 Å². The molecule has 0 aliphatic heterocycles. The second-order valence-electron chi connectivity index (χ2n) is 9.07. The Balaban J connectivity index is 0.00000316. The van der Waals surface area contributed by atoms with Crippen LogP contribution < -0.4 is 0 Å². The van der Waals surface area contributed by atoms with Crippen molar-refractivity contribution in [3.63, 3.8) is 0 Å². The van der Waals surface area contributed by atoms with E-state index in [0.29, 0.717) is 24.2 Å². The number of aliphatic imine (C=N–C) groups is 2. The molecule has 0 aliphatic carbocycles. The zero-order valence-corrected chi connectivity index (χ0v) is 24.1. The van der Waals surface area contributed by atoms with E-state index in [9.17, 15) is 10.2 Å². The second-order valence-corrected chi connectivity index (χ2v) is 9.07. The van der Waals surface area contributed by atoms with Crippen LogP contribution in [0.15, 0.2) is 9.98 Å². The summed E-state index contributed by atoms with van der Waals surface area (Å²) in [6, 6.07) is 0. The van der Waals surface area contributed by atoms with E-state index >= 15 is 0 Å². The summed E-state index contributed by atoms with van der Waals surface area (Å²) in [5, 5.41) is 30.3. The Morgan fingerprint density at radius 1 is 0.722 bits per heavy atom. The van der Waals surface area contributed by atoms with Crippen molar-refractivity contribution in [3.05, 3.63) is 22.5 Å². The van der Waals surface area contributed by atoms with E-state index in [4.69, 9.17) is 4.20 Å². The van der Waals surface area contributed by atoms with Gasteiger partial charge in [-0.3, -0.25) is 9.98 Å². The molecule has 2 aromatic heterocycles. The fourth-order valence-electron chi connectivity index (χ4n) is 4.27. The van der Waals surface area contributed by atoms with Gasteiger partial charge in [0.05, 0.1) is 35.6 Å². The molecule has 0 spiro atoms. The molecule has 0 radical (unpaired) electrons. The van der Waals surface area contributed by atoms with E-state index in [2.05, 4.69) is 34.0 Å². The molecule has 0 saturated carbocycles. The maximum absolute atomic E-state index is 10.6. The van der Waals surface area contributed by atoms with Crippen molar-refractivity contribution >= 4 is 11.4 Å². The van der Waals surface area contributed by atoms with Crippen LogP contribution in [0.3, 0.4) is 0 Å². The molecule has 2 rings (SSSR count). The first-order valence-electron chi connectivity index (χ1n) is 13.0. The van der Waals surface area contributed by atoms with Gasteiger partial charge in [-0.05, 0) is 40.5 Å². The number of aromatic hydroxyl groups is 2. The molecule has 0 unspecified atom stereocenters. The molecule has 0 aromatic carbocycles. The number of hydrogen-bond acceptors (Lipinski definition) is 7. The molecule has 0 saturated heterocycles. The Morgan fingerprint density at radius 2 is 1.08 bits per heavy atom. The van der Waals surface area contributed by atoms with Gasteiger partial charge in [0.2, 0.25) is 11.8 Å². The van der Waals surface area contributed by atoms with Crippen LogP contribution in [0.5, 0.6) is 11.8 Å². The first-order chi connectivity index (χ1) is 17.3. The number of aromatic nitrogens is 4. The van der Waals surface area contributed by atoms with Gasteiger partial charge in [0.15, 0.2) is 0 Å². The van der Waals surface area contributed by atoms with Crippen LogP contribution in [-0.2, 0) is 28.7 Å². The topological polar surface area (TPSA) is 125 Å². The third-order valence-electron chi connectivity index (χ3n) is 6.17. The van der Waals surface area contributed by atoms with Crippen molar-refractivity contribution in [1.29, 1.82) is 4.20 Å². The van der Waals surface area contributed by atoms with Crippen molar-refractivity contribution in [2.75, 3.05) is 13.1 Å². The van der Waals surface area contributed by atoms with E-state index in [0.717, 1.165) is 61.6 Å². The third kappa shape index (κ3) is 9.23. The van der Waals surface area contributed by atoms with Crippen LogP contribution in [0.25, 0.3) is 0 Å². The molecule has 0 bridgehead atoms. The molecule has 36 heavy (non-hydrogen) atoms. The SMILES string of the molecule is CCCCCCn1nc(C)c(C(C)=NCCN=C(C)c2c(C)nn(CCCCCC)c2O)c1O.[N]#[Mn]. The first-order valence-corrected chi connectivity index (χ1v) is 13.6. The monoisotopic (exact) mass is 541 g/mol. The number of nitrogens with zero attached hydrogens (tertiary/aromatic N) is 7. The van der Waals surface area contributed by atoms with Crippen molar-refractivity contribution in [3.8, 4) is 11.8 Å². The molecule has 202 valence electrons. The van der Waals surface area contributed by atoms with Gasteiger partial charge in [-0.1, -0.05) is 52.4 Å². The fourth-order valence-corrected chi connectivity index (χ4v) is 4.27. The zero-order valence-electron chi connectivity index (χ0n) is 22.9. The Kier molecular flexibility index (Phi) is 15.0. The van der Waals surface area contributed by atoms with E-state index in [-0.39, 0.29) is 11.8 Å². The summed E-state index contributed by atoms with van der Waals surface area (Å²) in [6.45, 7) is 14.4. The Hall–Kier alpha value is -2.41. The van der Waals surface area contributed by atoms with Gasteiger partial charge in [0, 0.05) is 24.5 Å². The Morgan fingerprint density at radius 3 is 1.42 bits per heavy atom. The summed E-state index contributed by atoms with van der Waals surface area (Å²) in [5.41, 5.74) is 4.55. The molecule has 0 aliphatic rings. The molecule has 10 heteroatoms. The van der Waals surface area contributed by atoms with Crippen LogP contribution in [0.4, 0.5) is 0 Å². The van der Waals surface area contributed by atoms with Crippen LogP contribution in [0.1, 0.15) is 102 Å². The minimum atomic E-state index is 0.196. The maximum atomic E-state index is 10.6. The summed E-state index contributed by atoms with van der Waals surface area (Å²) in [5.74, 6) is 0.392. The summed E-state index contributed by atoms with van der Waals surface area (Å²) in [7, 11) is 0. The molecule has 0 fully saturated rings. The average Bonchev–Trinajstić information content (AvgIpc) is 3.31. The number of rotatable bonds is 15. The van der Waals surface area contributed by atoms with Crippen molar-refractivity contribution in [1.82, 2.24) is 19.6 Å². The summed E-state index contributed by atoms with van der Waals surface area (Å²) >= 11 is 1.94. The molecular weight excluding hydrogens is 497 g/mol. The quantitative estimate of drug-likeness (QED) is 0.173. The van der Waals surface area contributed by atoms with Crippen molar-refractivity contribution < 1.29 is 25.9 Å². The summed E-state index contributed by atoms with van der Waals surface area (Å²) in [6.07, 6.45) is 9.06. The van der Waals surface area contributed by atoms with Gasteiger partial charge >= 0.3 is 19.8 Å². The first kappa shape index (κ1) is 31.6. The van der Waals surface area contributed by atoms with Gasteiger partial charge < -0.3 is 10.2 Å². The number of aryl methyl sites for hydroxylation is 4.